The molecule has 0 fully saturated rings. The van der Waals surface area contributed by atoms with Crippen molar-refractivity contribution < 1.29 is 103 Å². The Bertz CT molecular complexity index is 1630. The number of hydrogen-bond acceptors (Lipinski definition) is 7. The van der Waals surface area contributed by atoms with E-state index in [1.165, 1.54) is 18.2 Å². The van der Waals surface area contributed by atoms with Gasteiger partial charge in [-0.3, -0.25) is 13.7 Å². The summed E-state index contributed by atoms with van der Waals surface area (Å²) >= 11 is 0. The van der Waals surface area contributed by atoms with E-state index in [2.05, 4.69) is 5.32 Å². The summed E-state index contributed by atoms with van der Waals surface area (Å²) in [6, 6.07) is 13.4. The van der Waals surface area contributed by atoms with Crippen molar-refractivity contribution in [1.82, 2.24) is 0 Å². The van der Waals surface area contributed by atoms with Gasteiger partial charge in [0.05, 0.1) is 21.8 Å². The maximum atomic E-state index is 11.9. The minimum Gasteiger partial charge on any atom is -0.362 e. The molecule has 1 heterocycles. The topological polar surface area (TPSA) is 178 Å². The number of rotatable bonds is 13. The third-order valence-corrected chi connectivity index (χ3v) is 8.81. The van der Waals surface area contributed by atoms with E-state index in [0.29, 0.717) is 17.0 Å². The molecule has 1 unspecified atom stereocenters. The van der Waals surface area contributed by atoms with E-state index in [4.69, 9.17) is 0 Å². The van der Waals surface area contributed by atoms with Gasteiger partial charge < -0.3 is 5.32 Å². The summed E-state index contributed by atoms with van der Waals surface area (Å²) in [5.74, 6) is -1.02. The second-order valence-corrected chi connectivity index (χ2v) is 13.8. The fourth-order valence-corrected chi connectivity index (χ4v) is 6.10. The Kier molecular flexibility index (Phi) is 14.6. The van der Waals surface area contributed by atoms with Crippen molar-refractivity contribution in [2.75, 3.05) is 23.4 Å². The van der Waals surface area contributed by atoms with Gasteiger partial charge in [0.15, 0.2) is 5.71 Å². The van der Waals surface area contributed by atoms with Gasteiger partial charge in [0.2, 0.25) is 5.69 Å². The molecule has 0 aliphatic carbocycles. The Balaban J connectivity index is 0.00000420. The Labute approximate surface area is 285 Å². The Morgan fingerprint density at radius 2 is 1.46 bits per heavy atom. The summed E-state index contributed by atoms with van der Waals surface area (Å²) < 4.78 is 99.1. The summed E-state index contributed by atoms with van der Waals surface area (Å²) in [5, 5.41) is 3.11. The zero-order valence-corrected chi connectivity index (χ0v) is 29.6. The van der Waals surface area contributed by atoms with Gasteiger partial charge in [0, 0.05) is 36.0 Å². The SMILES string of the molecule is CC1(CCCS(=O)(=O)O)C(/C=C/C=C/Nc2ccccc2)=[N+](CCCS(=O)(=O)O)c2ccc(S(=O)(=O)O)cc21.[Na+].[Na+]. The first kappa shape index (κ1) is 38.1. The van der Waals surface area contributed by atoms with Gasteiger partial charge in [0.1, 0.15) is 6.54 Å². The number of allylic oxidation sites excluding steroid dienone is 3. The fourth-order valence-electron chi connectivity index (χ4n) is 4.59. The molecule has 41 heavy (non-hydrogen) atoms. The number of nitrogens with one attached hydrogen (secondary N) is 1. The van der Waals surface area contributed by atoms with E-state index < -0.39 is 47.3 Å². The van der Waals surface area contributed by atoms with Crippen LogP contribution in [0.1, 0.15) is 31.7 Å². The minimum absolute atomic E-state index is 0. The average molecular weight is 646 g/mol. The Morgan fingerprint density at radius 3 is 2.05 bits per heavy atom. The molecule has 11 nitrogen and oxygen atoms in total. The number of fused-ring (bicyclic) bond motifs is 1. The third-order valence-electron chi connectivity index (χ3n) is 6.36. The number of anilines is 1. The largest absolute Gasteiger partial charge is 1.00 e. The van der Waals surface area contributed by atoms with Crippen LogP contribution >= 0.6 is 0 Å². The van der Waals surface area contributed by atoms with E-state index >= 15 is 0 Å². The van der Waals surface area contributed by atoms with Crippen LogP contribution in [0.4, 0.5) is 11.4 Å². The molecule has 0 spiro atoms. The van der Waals surface area contributed by atoms with Crippen molar-refractivity contribution in [2.24, 2.45) is 0 Å². The molecule has 3 rings (SSSR count). The van der Waals surface area contributed by atoms with Crippen LogP contribution in [0.5, 0.6) is 0 Å². The van der Waals surface area contributed by atoms with Gasteiger partial charge in [0.25, 0.3) is 30.4 Å². The maximum absolute atomic E-state index is 11.9. The molecule has 0 radical (unpaired) electrons. The predicted octanol–water partition coefficient (Wildman–Crippen LogP) is -2.57. The zero-order valence-electron chi connectivity index (χ0n) is 23.1. The van der Waals surface area contributed by atoms with Crippen molar-refractivity contribution in [3.63, 3.8) is 0 Å². The number of hydrogen-bond donors (Lipinski definition) is 4. The molecule has 0 saturated heterocycles. The first-order chi connectivity index (χ1) is 18.1. The fraction of sp³-hybridized carbons (Fsp3) is 0.320. The standard InChI is InChI=1S/C25H30N2O9S3.2Na/c1-25(14-7-17-37(28,29)30)22-19-21(39(34,35)36)12-13-23(22)27(16-8-18-38(31,32)33)24(25)11-5-6-15-26-20-9-3-2-4-10-20;;/h2-6,9-13,15,19H,7-8,14,16-18H2,1H3,(H3,28,29,30,31,32,33,34,35,36);;/q;2*+1/p+1. The van der Waals surface area contributed by atoms with Gasteiger partial charge in [-0.05, 0) is 50.1 Å². The van der Waals surface area contributed by atoms with E-state index in [1.54, 1.807) is 35.9 Å². The summed E-state index contributed by atoms with van der Waals surface area (Å²) in [6.07, 6.45) is 7.14. The van der Waals surface area contributed by atoms with Crippen molar-refractivity contribution >= 4 is 47.4 Å². The smallest absolute Gasteiger partial charge is 0.362 e. The summed E-state index contributed by atoms with van der Waals surface area (Å²) in [7, 11) is -13.0. The van der Waals surface area contributed by atoms with Crippen LogP contribution in [-0.4, -0.2) is 67.2 Å². The molecular weight excluding hydrogens is 614 g/mol. The van der Waals surface area contributed by atoms with Crippen LogP contribution in [0, 0.1) is 0 Å². The molecule has 1 aliphatic heterocycles. The molecule has 4 N–H and O–H groups in total. The van der Waals surface area contributed by atoms with Crippen molar-refractivity contribution in [2.45, 2.75) is 36.5 Å². The molecule has 16 heteroatoms. The van der Waals surface area contributed by atoms with E-state index in [1.807, 2.05) is 30.3 Å². The van der Waals surface area contributed by atoms with E-state index in [9.17, 15) is 38.9 Å². The van der Waals surface area contributed by atoms with Gasteiger partial charge in [-0.15, -0.1) is 0 Å². The molecule has 0 aromatic heterocycles. The molecule has 2 aromatic rings. The normalized spacial score (nSPS) is 17.4. The molecule has 1 aliphatic rings. The zero-order chi connectivity index (χ0) is 28.9. The van der Waals surface area contributed by atoms with Crippen molar-refractivity contribution in [3.8, 4) is 0 Å². The minimum atomic E-state index is -4.55. The second kappa shape index (κ2) is 15.7. The van der Waals surface area contributed by atoms with Crippen LogP contribution in [0.15, 0.2) is 77.9 Å². The summed E-state index contributed by atoms with van der Waals surface area (Å²) in [6.45, 7) is 1.91. The summed E-state index contributed by atoms with van der Waals surface area (Å²) in [4.78, 5) is -0.350. The molecule has 0 saturated carbocycles. The molecule has 1 atom stereocenters. The summed E-state index contributed by atoms with van der Waals surface area (Å²) in [5.41, 5.74) is 1.52. The van der Waals surface area contributed by atoms with Gasteiger partial charge in [-0.25, -0.2) is 0 Å². The van der Waals surface area contributed by atoms with Crippen LogP contribution in [0.3, 0.4) is 0 Å². The molecule has 0 bridgehead atoms. The van der Waals surface area contributed by atoms with Crippen LogP contribution < -0.4 is 64.4 Å². The van der Waals surface area contributed by atoms with Gasteiger partial charge in [-0.2, -0.15) is 29.8 Å². The van der Waals surface area contributed by atoms with Gasteiger partial charge in [-0.1, -0.05) is 24.3 Å². The number of nitrogens with zero attached hydrogens (tertiary/aromatic N) is 1. The Morgan fingerprint density at radius 1 is 0.854 bits per heavy atom. The number of para-hydroxylation sites is 1. The first-order valence-corrected chi connectivity index (χ1v) is 16.6. The quantitative estimate of drug-likeness (QED) is 0.0783. The molecule has 2 aromatic carbocycles. The van der Waals surface area contributed by atoms with Crippen LogP contribution in [0.25, 0.3) is 0 Å². The number of benzene rings is 2. The third kappa shape index (κ3) is 11.3. The second-order valence-electron chi connectivity index (χ2n) is 9.28. The van der Waals surface area contributed by atoms with Crippen LogP contribution in [-0.2, 0) is 35.8 Å². The first-order valence-electron chi connectivity index (χ1n) is 11.9. The van der Waals surface area contributed by atoms with Gasteiger partial charge >= 0.3 is 59.1 Å². The van der Waals surface area contributed by atoms with E-state index in [0.717, 1.165) is 5.69 Å². The monoisotopic (exact) mass is 645 g/mol. The predicted molar refractivity (Wildman–Crippen MR) is 148 cm³/mol. The molecule has 0 amide bonds. The van der Waals surface area contributed by atoms with Crippen molar-refractivity contribution in [1.29, 1.82) is 0 Å². The van der Waals surface area contributed by atoms with Crippen molar-refractivity contribution in [3.05, 3.63) is 78.5 Å². The maximum Gasteiger partial charge on any atom is 1.00 e. The molecular formula is C25H31N2Na2O9S3+3. The Hall–Kier alpha value is -0.880. The van der Waals surface area contributed by atoms with Crippen LogP contribution in [0.2, 0.25) is 0 Å². The molecule has 212 valence electrons. The van der Waals surface area contributed by atoms with E-state index in [-0.39, 0.29) is 89.8 Å². The average Bonchev–Trinajstić information content (AvgIpc) is 3.05.